The van der Waals surface area contributed by atoms with Gasteiger partial charge in [-0.2, -0.15) is 0 Å². The largest absolute Gasteiger partial charge is 0.392 e. The molecule has 0 saturated carbocycles. The molecule has 0 bridgehead atoms. The number of aromatic nitrogens is 3. The molecule has 0 spiro atoms. The van der Waals surface area contributed by atoms with E-state index in [-0.39, 0.29) is 17.9 Å². The van der Waals surface area contributed by atoms with Crippen LogP contribution >= 0.6 is 0 Å². The van der Waals surface area contributed by atoms with Crippen LogP contribution in [0, 0.1) is 0 Å². The zero-order valence-corrected chi connectivity index (χ0v) is 21.1. The highest BCUT2D eigenvalue weighted by Gasteiger charge is 2.15. The van der Waals surface area contributed by atoms with Gasteiger partial charge in [0.25, 0.3) is 5.91 Å². The van der Waals surface area contributed by atoms with Gasteiger partial charge in [-0.1, -0.05) is 57.2 Å². The van der Waals surface area contributed by atoms with Crippen molar-refractivity contribution in [3.05, 3.63) is 108 Å². The van der Waals surface area contributed by atoms with E-state index in [9.17, 15) is 9.90 Å². The molecule has 0 atom stereocenters. The molecule has 0 radical (unpaired) electrons. The number of amides is 1. The molecule has 3 aromatic carbocycles. The second kappa shape index (κ2) is 9.87. The van der Waals surface area contributed by atoms with Crippen LogP contribution in [0.15, 0.2) is 91.4 Å². The quantitative estimate of drug-likeness (QED) is 0.264. The van der Waals surface area contributed by atoms with Gasteiger partial charge >= 0.3 is 0 Å². The third-order valence-corrected chi connectivity index (χ3v) is 6.18. The molecule has 0 unspecified atom stereocenters. The van der Waals surface area contributed by atoms with Crippen LogP contribution in [0.3, 0.4) is 0 Å². The number of anilines is 3. The summed E-state index contributed by atoms with van der Waals surface area (Å²) in [6.07, 6.45) is 5.49. The minimum Gasteiger partial charge on any atom is -0.392 e. The van der Waals surface area contributed by atoms with Crippen LogP contribution in [0.2, 0.25) is 0 Å². The summed E-state index contributed by atoms with van der Waals surface area (Å²) in [5, 5.41) is 15.8. The molecule has 0 aliphatic carbocycles. The maximum atomic E-state index is 12.9. The topological polar surface area (TPSA) is 91.6 Å². The van der Waals surface area contributed by atoms with Crippen molar-refractivity contribution in [3.63, 3.8) is 0 Å². The van der Waals surface area contributed by atoms with Gasteiger partial charge in [-0.05, 0) is 52.9 Å². The Morgan fingerprint density at radius 1 is 0.973 bits per heavy atom. The molecule has 5 rings (SSSR count). The summed E-state index contributed by atoms with van der Waals surface area (Å²) in [7, 11) is 0. The summed E-state index contributed by atoms with van der Waals surface area (Å²) in [5.74, 6) is 0.424. The summed E-state index contributed by atoms with van der Waals surface area (Å²) in [5.41, 5.74) is 6.35. The van der Waals surface area contributed by atoms with Gasteiger partial charge in [0.15, 0.2) is 11.5 Å². The molecule has 37 heavy (non-hydrogen) atoms. The Balaban J connectivity index is 1.42. The SMILES string of the molecule is CC(C)(C)c1ccc(C(=O)Nc2cccc(-c3cn4ccnc4c(Nc4cccc(CO)c4)n3)c2)cc1. The molecular weight excluding hydrogens is 462 g/mol. The van der Waals surface area contributed by atoms with Crippen molar-refractivity contribution in [2.24, 2.45) is 0 Å². The lowest BCUT2D eigenvalue weighted by atomic mass is 9.87. The van der Waals surface area contributed by atoms with Crippen molar-refractivity contribution < 1.29 is 9.90 Å². The van der Waals surface area contributed by atoms with Crippen molar-refractivity contribution in [2.75, 3.05) is 10.6 Å². The summed E-state index contributed by atoms with van der Waals surface area (Å²) >= 11 is 0. The lowest BCUT2D eigenvalue weighted by molar-refractivity contribution is 0.102. The van der Waals surface area contributed by atoms with Crippen molar-refractivity contribution in [1.29, 1.82) is 0 Å². The van der Waals surface area contributed by atoms with E-state index in [1.54, 1.807) is 6.20 Å². The van der Waals surface area contributed by atoms with Crippen molar-refractivity contribution in [1.82, 2.24) is 14.4 Å². The zero-order valence-electron chi connectivity index (χ0n) is 21.1. The number of hydrogen-bond donors (Lipinski definition) is 3. The van der Waals surface area contributed by atoms with Crippen LogP contribution in [0.5, 0.6) is 0 Å². The zero-order chi connectivity index (χ0) is 26.0. The molecule has 5 aromatic rings. The van der Waals surface area contributed by atoms with Gasteiger partial charge in [-0.25, -0.2) is 9.97 Å². The Kier molecular flexibility index (Phi) is 6.46. The van der Waals surface area contributed by atoms with Gasteiger partial charge in [-0.15, -0.1) is 0 Å². The Bertz CT molecular complexity index is 1570. The minimum absolute atomic E-state index is 0.0298. The molecule has 1 amide bonds. The fourth-order valence-electron chi connectivity index (χ4n) is 4.12. The number of nitrogens with zero attached hydrogens (tertiary/aromatic N) is 3. The number of rotatable bonds is 6. The van der Waals surface area contributed by atoms with E-state index in [1.165, 1.54) is 5.56 Å². The van der Waals surface area contributed by atoms with Gasteiger partial charge in [0, 0.05) is 41.1 Å². The van der Waals surface area contributed by atoms with Gasteiger partial charge in [0.05, 0.1) is 12.3 Å². The first-order valence-electron chi connectivity index (χ1n) is 12.1. The van der Waals surface area contributed by atoms with Crippen LogP contribution < -0.4 is 10.6 Å². The second-order valence-electron chi connectivity index (χ2n) is 9.98. The van der Waals surface area contributed by atoms with E-state index >= 15 is 0 Å². The van der Waals surface area contributed by atoms with Crippen molar-refractivity contribution in [2.45, 2.75) is 32.8 Å². The van der Waals surface area contributed by atoms with E-state index in [0.29, 0.717) is 22.7 Å². The number of carbonyl (C=O) groups is 1. The van der Waals surface area contributed by atoms with Crippen molar-refractivity contribution in [3.8, 4) is 11.3 Å². The molecule has 0 saturated heterocycles. The predicted octanol–water partition coefficient (Wildman–Crippen LogP) is 6.18. The number of imidazole rings is 1. The first-order valence-corrected chi connectivity index (χ1v) is 12.1. The lowest BCUT2D eigenvalue weighted by Gasteiger charge is -2.19. The smallest absolute Gasteiger partial charge is 0.255 e. The number of aliphatic hydroxyl groups excluding tert-OH is 1. The van der Waals surface area contributed by atoms with E-state index < -0.39 is 0 Å². The first-order chi connectivity index (χ1) is 17.8. The van der Waals surface area contributed by atoms with E-state index in [0.717, 1.165) is 22.5 Å². The molecule has 7 heteroatoms. The summed E-state index contributed by atoms with van der Waals surface area (Å²) in [6, 6.07) is 22.9. The van der Waals surface area contributed by atoms with Crippen LogP contribution in [0.4, 0.5) is 17.2 Å². The average Bonchev–Trinajstić information content (AvgIpc) is 3.38. The molecule has 2 aromatic heterocycles. The number of fused-ring (bicyclic) bond motifs is 1. The van der Waals surface area contributed by atoms with Gasteiger partial charge in [0.2, 0.25) is 0 Å². The first kappa shape index (κ1) is 24.2. The monoisotopic (exact) mass is 491 g/mol. The van der Waals surface area contributed by atoms with Crippen LogP contribution in [-0.2, 0) is 12.0 Å². The number of carbonyl (C=O) groups excluding carboxylic acids is 1. The summed E-state index contributed by atoms with van der Waals surface area (Å²) in [6.45, 7) is 6.41. The Hall–Kier alpha value is -4.49. The lowest BCUT2D eigenvalue weighted by Crippen LogP contribution is -2.14. The molecule has 186 valence electrons. The van der Waals surface area contributed by atoms with Crippen LogP contribution in [0.25, 0.3) is 16.9 Å². The molecule has 3 N–H and O–H groups in total. The van der Waals surface area contributed by atoms with E-state index in [2.05, 4.69) is 36.4 Å². The minimum atomic E-state index is -0.165. The maximum Gasteiger partial charge on any atom is 0.255 e. The van der Waals surface area contributed by atoms with Gasteiger partial charge in [-0.3, -0.25) is 4.79 Å². The van der Waals surface area contributed by atoms with Crippen LogP contribution in [0.1, 0.15) is 42.3 Å². The Labute approximate surface area is 215 Å². The molecule has 0 aliphatic rings. The highest BCUT2D eigenvalue weighted by atomic mass is 16.3. The molecule has 0 fully saturated rings. The van der Waals surface area contributed by atoms with Gasteiger partial charge in [0.1, 0.15) is 0 Å². The molecule has 2 heterocycles. The average molecular weight is 492 g/mol. The standard InChI is InChI=1S/C30H29N5O2/c1-30(2,3)23-12-10-21(11-13-23)29(37)33-25-9-5-7-22(17-25)26-18-35-15-14-31-28(35)27(34-26)32-24-8-4-6-20(16-24)19-36/h4-18,36H,19H2,1-3H3,(H,32,34)(H,33,37). The van der Waals surface area contributed by atoms with E-state index in [1.807, 2.05) is 89.6 Å². The third-order valence-electron chi connectivity index (χ3n) is 6.18. The third kappa shape index (κ3) is 5.37. The molecule has 7 nitrogen and oxygen atoms in total. The maximum absolute atomic E-state index is 12.9. The fourth-order valence-corrected chi connectivity index (χ4v) is 4.12. The number of benzene rings is 3. The number of hydrogen-bond acceptors (Lipinski definition) is 5. The molecular formula is C30H29N5O2. The van der Waals surface area contributed by atoms with Crippen molar-refractivity contribution >= 4 is 28.7 Å². The predicted molar refractivity (Wildman–Crippen MR) is 147 cm³/mol. The second-order valence-corrected chi connectivity index (χ2v) is 9.98. The van der Waals surface area contributed by atoms with E-state index in [4.69, 9.17) is 4.98 Å². The molecule has 0 aliphatic heterocycles. The number of aliphatic hydroxyl groups is 1. The van der Waals surface area contributed by atoms with Crippen LogP contribution in [-0.4, -0.2) is 25.4 Å². The highest BCUT2D eigenvalue weighted by molar-refractivity contribution is 6.04. The van der Waals surface area contributed by atoms with Gasteiger partial charge < -0.3 is 20.1 Å². The fraction of sp³-hybridized carbons (Fsp3) is 0.167. The highest BCUT2D eigenvalue weighted by Crippen LogP contribution is 2.27. The Morgan fingerprint density at radius 2 is 1.73 bits per heavy atom. The summed E-state index contributed by atoms with van der Waals surface area (Å²) < 4.78 is 1.91. The summed E-state index contributed by atoms with van der Waals surface area (Å²) in [4.78, 5) is 22.2. The normalized spacial score (nSPS) is 11.5. The Morgan fingerprint density at radius 3 is 2.49 bits per heavy atom. The number of nitrogens with one attached hydrogen (secondary N) is 2.